The molecular formula is C17H17ClN2O. The van der Waals surface area contributed by atoms with Gasteiger partial charge in [0.2, 0.25) is 5.91 Å². The number of amides is 1. The Hall–Kier alpha value is -2.00. The molecule has 108 valence electrons. The van der Waals surface area contributed by atoms with Crippen LogP contribution < -0.4 is 10.2 Å². The lowest BCUT2D eigenvalue weighted by molar-refractivity contribution is -0.115. The molecular weight excluding hydrogens is 284 g/mol. The Kier molecular flexibility index (Phi) is 3.84. The molecule has 2 aromatic carbocycles. The van der Waals surface area contributed by atoms with Crippen LogP contribution in [0.3, 0.4) is 0 Å². The van der Waals surface area contributed by atoms with E-state index in [1.54, 1.807) is 6.07 Å². The molecule has 1 heterocycles. The average molecular weight is 301 g/mol. The second-order valence-electron chi connectivity index (χ2n) is 5.31. The fourth-order valence-electron chi connectivity index (χ4n) is 2.70. The summed E-state index contributed by atoms with van der Waals surface area (Å²) in [5, 5.41) is 3.64. The molecule has 3 nitrogen and oxygen atoms in total. The Labute approximate surface area is 129 Å². The number of nitrogens with zero attached hydrogens (tertiary/aromatic N) is 1. The minimum absolute atomic E-state index is 0.00266. The van der Waals surface area contributed by atoms with E-state index in [4.69, 9.17) is 11.6 Å². The number of rotatable bonds is 3. The van der Waals surface area contributed by atoms with E-state index >= 15 is 0 Å². The van der Waals surface area contributed by atoms with Gasteiger partial charge in [0.1, 0.15) is 0 Å². The van der Waals surface area contributed by atoms with E-state index in [-0.39, 0.29) is 5.91 Å². The normalized spacial score (nSPS) is 13.1. The summed E-state index contributed by atoms with van der Waals surface area (Å²) in [5.74, 6) is -0.00266. The van der Waals surface area contributed by atoms with Crippen LogP contribution in [-0.2, 0) is 11.2 Å². The van der Waals surface area contributed by atoms with Crippen molar-refractivity contribution in [2.24, 2.45) is 0 Å². The van der Waals surface area contributed by atoms with E-state index < -0.39 is 0 Å². The van der Waals surface area contributed by atoms with E-state index in [0.717, 1.165) is 24.2 Å². The maximum atomic E-state index is 12.2. The maximum Gasteiger partial charge on any atom is 0.243 e. The van der Waals surface area contributed by atoms with Crippen molar-refractivity contribution in [2.75, 3.05) is 23.3 Å². The molecule has 0 spiro atoms. The van der Waals surface area contributed by atoms with Crippen molar-refractivity contribution in [1.29, 1.82) is 0 Å². The van der Waals surface area contributed by atoms with Gasteiger partial charge in [-0.3, -0.25) is 4.79 Å². The Bertz CT molecular complexity index is 684. The Morgan fingerprint density at radius 1 is 1.29 bits per heavy atom. The molecule has 1 aliphatic rings. The zero-order valence-electron chi connectivity index (χ0n) is 11.9. The van der Waals surface area contributed by atoms with E-state index in [2.05, 4.69) is 22.3 Å². The zero-order valence-corrected chi connectivity index (χ0v) is 12.7. The minimum atomic E-state index is -0.00266. The van der Waals surface area contributed by atoms with Crippen LogP contribution in [-0.4, -0.2) is 19.0 Å². The smallest absolute Gasteiger partial charge is 0.243 e. The van der Waals surface area contributed by atoms with Gasteiger partial charge in [0.25, 0.3) is 0 Å². The summed E-state index contributed by atoms with van der Waals surface area (Å²) in [6.45, 7) is 3.21. The van der Waals surface area contributed by atoms with Crippen molar-refractivity contribution in [3.8, 4) is 0 Å². The Morgan fingerprint density at radius 2 is 2.10 bits per heavy atom. The highest BCUT2D eigenvalue weighted by Gasteiger charge is 2.20. The molecule has 0 saturated carbocycles. The van der Waals surface area contributed by atoms with Crippen molar-refractivity contribution in [2.45, 2.75) is 13.3 Å². The molecule has 3 rings (SSSR count). The van der Waals surface area contributed by atoms with Gasteiger partial charge in [-0.25, -0.2) is 0 Å². The number of fused-ring (bicyclic) bond motifs is 1. The summed E-state index contributed by atoms with van der Waals surface area (Å²) >= 11 is 5.93. The highest BCUT2D eigenvalue weighted by Crippen LogP contribution is 2.27. The first-order valence-corrected chi connectivity index (χ1v) is 7.40. The van der Waals surface area contributed by atoms with Crippen molar-refractivity contribution >= 4 is 28.9 Å². The van der Waals surface area contributed by atoms with Crippen LogP contribution in [0.1, 0.15) is 11.1 Å². The topological polar surface area (TPSA) is 32.3 Å². The van der Waals surface area contributed by atoms with Gasteiger partial charge in [0.05, 0.1) is 6.54 Å². The number of halogens is 1. The van der Waals surface area contributed by atoms with Crippen LogP contribution in [0, 0.1) is 6.92 Å². The summed E-state index contributed by atoms with van der Waals surface area (Å²) in [4.78, 5) is 14.4. The number of benzene rings is 2. The standard InChI is InChI=1S/C17H17ClN2O/c1-12-10-14(18)6-7-15(12)19-17(21)11-20-9-8-13-4-2-3-5-16(13)20/h2-7,10H,8-9,11H2,1H3,(H,19,21). The summed E-state index contributed by atoms with van der Waals surface area (Å²) in [6, 6.07) is 13.7. The molecule has 1 amide bonds. The van der Waals surface area contributed by atoms with Crippen LogP contribution in [0.2, 0.25) is 5.02 Å². The van der Waals surface area contributed by atoms with E-state index in [0.29, 0.717) is 11.6 Å². The molecule has 0 saturated heterocycles. The number of aryl methyl sites for hydroxylation is 1. The molecule has 21 heavy (non-hydrogen) atoms. The molecule has 2 aromatic rings. The lowest BCUT2D eigenvalue weighted by Crippen LogP contribution is -2.32. The Balaban J connectivity index is 1.68. The summed E-state index contributed by atoms with van der Waals surface area (Å²) in [7, 11) is 0. The molecule has 0 unspecified atom stereocenters. The highest BCUT2D eigenvalue weighted by molar-refractivity contribution is 6.30. The van der Waals surface area contributed by atoms with Crippen molar-refractivity contribution in [3.63, 3.8) is 0 Å². The lowest BCUT2D eigenvalue weighted by Gasteiger charge is -2.19. The SMILES string of the molecule is Cc1cc(Cl)ccc1NC(=O)CN1CCc2ccccc21. The number of anilines is 2. The quantitative estimate of drug-likeness (QED) is 0.938. The molecule has 0 atom stereocenters. The number of carbonyl (C=O) groups excluding carboxylic acids is 1. The molecule has 0 fully saturated rings. The van der Waals surface area contributed by atoms with Crippen molar-refractivity contribution < 1.29 is 4.79 Å². The molecule has 0 aromatic heterocycles. The van der Waals surface area contributed by atoms with E-state index in [1.165, 1.54) is 11.3 Å². The Morgan fingerprint density at radius 3 is 2.90 bits per heavy atom. The number of carbonyl (C=O) groups is 1. The molecule has 0 radical (unpaired) electrons. The monoisotopic (exact) mass is 300 g/mol. The molecule has 1 N–H and O–H groups in total. The first-order valence-electron chi connectivity index (χ1n) is 7.02. The predicted molar refractivity (Wildman–Crippen MR) is 87.2 cm³/mol. The molecule has 0 bridgehead atoms. The number of para-hydroxylation sites is 1. The minimum Gasteiger partial charge on any atom is -0.362 e. The largest absolute Gasteiger partial charge is 0.362 e. The third-order valence-electron chi connectivity index (χ3n) is 3.78. The van der Waals surface area contributed by atoms with E-state index in [1.807, 2.05) is 31.2 Å². The number of hydrogen-bond acceptors (Lipinski definition) is 2. The van der Waals surface area contributed by atoms with Gasteiger partial charge in [-0.15, -0.1) is 0 Å². The zero-order chi connectivity index (χ0) is 14.8. The van der Waals surface area contributed by atoms with Crippen molar-refractivity contribution in [1.82, 2.24) is 0 Å². The fraction of sp³-hybridized carbons (Fsp3) is 0.235. The summed E-state index contributed by atoms with van der Waals surface area (Å²) in [5.41, 5.74) is 4.27. The fourth-order valence-corrected chi connectivity index (χ4v) is 2.93. The van der Waals surface area contributed by atoms with Crippen LogP contribution in [0.4, 0.5) is 11.4 Å². The van der Waals surface area contributed by atoms with Gasteiger partial charge in [-0.2, -0.15) is 0 Å². The van der Waals surface area contributed by atoms with Crippen LogP contribution in [0.5, 0.6) is 0 Å². The molecule has 4 heteroatoms. The summed E-state index contributed by atoms with van der Waals surface area (Å²) < 4.78 is 0. The van der Waals surface area contributed by atoms with Gasteiger partial charge in [-0.1, -0.05) is 29.8 Å². The predicted octanol–water partition coefficient (Wildman–Crippen LogP) is 3.65. The van der Waals surface area contributed by atoms with Crippen LogP contribution in [0.15, 0.2) is 42.5 Å². The van der Waals surface area contributed by atoms with Gasteiger partial charge >= 0.3 is 0 Å². The van der Waals surface area contributed by atoms with Gasteiger partial charge in [0.15, 0.2) is 0 Å². The maximum absolute atomic E-state index is 12.2. The first kappa shape index (κ1) is 14.0. The number of nitrogens with one attached hydrogen (secondary N) is 1. The first-order chi connectivity index (χ1) is 10.1. The van der Waals surface area contributed by atoms with Crippen molar-refractivity contribution in [3.05, 3.63) is 58.6 Å². The van der Waals surface area contributed by atoms with Crippen LogP contribution >= 0.6 is 11.6 Å². The van der Waals surface area contributed by atoms with Gasteiger partial charge in [-0.05, 0) is 48.7 Å². The second-order valence-corrected chi connectivity index (χ2v) is 5.74. The van der Waals surface area contributed by atoms with E-state index in [9.17, 15) is 4.79 Å². The third kappa shape index (κ3) is 3.03. The summed E-state index contributed by atoms with van der Waals surface area (Å²) in [6.07, 6.45) is 1.00. The lowest BCUT2D eigenvalue weighted by atomic mass is 10.2. The van der Waals surface area contributed by atoms with Crippen LogP contribution in [0.25, 0.3) is 0 Å². The molecule has 0 aliphatic carbocycles. The third-order valence-corrected chi connectivity index (χ3v) is 4.02. The second kappa shape index (κ2) is 5.78. The average Bonchev–Trinajstić information content (AvgIpc) is 2.85. The highest BCUT2D eigenvalue weighted by atomic mass is 35.5. The molecule has 1 aliphatic heterocycles. The van der Waals surface area contributed by atoms with Gasteiger partial charge in [0, 0.05) is 22.9 Å². The van der Waals surface area contributed by atoms with Gasteiger partial charge < -0.3 is 10.2 Å². The number of hydrogen-bond donors (Lipinski definition) is 1.